The van der Waals surface area contributed by atoms with E-state index in [4.69, 9.17) is 4.98 Å². The lowest BCUT2D eigenvalue weighted by Gasteiger charge is -2.21. The molecule has 5 aromatic carbocycles. The number of nitrogens with zero attached hydrogens (tertiary/aromatic N) is 3. The third-order valence-corrected chi connectivity index (χ3v) is 8.34. The van der Waals surface area contributed by atoms with Crippen LogP contribution >= 0.6 is 0 Å². The van der Waals surface area contributed by atoms with Crippen molar-refractivity contribution in [2.45, 2.75) is 19.3 Å². The molecule has 7 aromatic rings. The number of rotatable bonds is 1. The van der Waals surface area contributed by atoms with E-state index in [0.717, 1.165) is 17.0 Å². The van der Waals surface area contributed by atoms with E-state index in [1.54, 1.807) is 0 Å². The number of benzene rings is 5. The van der Waals surface area contributed by atoms with E-state index in [1.807, 2.05) is 0 Å². The van der Waals surface area contributed by atoms with Gasteiger partial charge in [0.1, 0.15) is 0 Å². The summed E-state index contributed by atoms with van der Waals surface area (Å²) in [4.78, 5) is 5.12. The summed E-state index contributed by atoms with van der Waals surface area (Å²) in [5, 5.41) is 5.08. The molecule has 0 unspecified atom stereocenters. The van der Waals surface area contributed by atoms with Crippen molar-refractivity contribution in [1.82, 2.24) is 14.1 Å². The Labute approximate surface area is 209 Å². The molecule has 0 N–H and O–H groups in total. The van der Waals surface area contributed by atoms with Crippen molar-refractivity contribution in [2.24, 2.45) is 7.05 Å². The molecule has 0 fully saturated rings. The van der Waals surface area contributed by atoms with Crippen LogP contribution in [0.1, 0.15) is 25.0 Å². The SMILES string of the molecule is Cn1c(-n2c3ccccc3c3ccc4c5c(ccc4c32)C(C)(C)c2ccccc2-5)nc2ccccc21. The molecule has 0 spiro atoms. The molecule has 0 saturated heterocycles. The summed E-state index contributed by atoms with van der Waals surface area (Å²) in [7, 11) is 2.12. The van der Waals surface area contributed by atoms with Crippen LogP contribution in [0, 0.1) is 0 Å². The predicted molar refractivity (Wildman–Crippen MR) is 150 cm³/mol. The third-order valence-electron chi connectivity index (χ3n) is 8.34. The standard InChI is InChI=1S/C33H25N3/c1-33(2)25-12-6-4-11-24(25)30-21-16-17-22-20-10-5-8-14-28(20)36(31(22)23(21)18-19-26(30)33)32-34-27-13-7-9-15-29(27)35(32)3/h4-19H,1-3H3. The second-order valence-corrected chi connectivity index (χ2v) is 10.5. The average Bonchev–Trinajstić information content (AvgIpc) is 3.50. The van der Waals surface area contributed by atoms with Crippen molar-refractivity contribution in [1.29, 1.82) is 0 Å². The number of para-hydroxylation sites is 3. The Morgan fingerprint density at radius 2 is 1.28 bits per heavy atom. The highest BCUT2D eigenvalue weighted by Gasteiger charge is 2.36. The van der Waals surface area contributed by atoms with Gasteiger partial charge in [0.15, 0.2) is 0 Å². The first-order valence-electron chi connectivity index (χ1n) is 12.6. The van der Waals surface area contributed by atoms with Crippen molar-refractivity contribution in [3.05, 3.63) is 108 Å². The van der Waals surface area contributed by atoms with Gasteiger partial charge >= 0.3 is 0 Å². The largest absolute Gasteiger partial charge is 0.313 e. The summed E-state index contributed by atoms with van der Waals surface area (Å²) >= 11 is 0. The minimum Gasteiger partial charge on any atom is -0.313 e. The van der Waals surface area contributed by atoms with E-state index < -0.39 is 0 Å². The van der Waals surface area contributed by atoms with Crippen LogP contribution in [0.3, 0.4) is 0 Å². The molecule has 1 aliphatic carbocycles. The quantitative estimate of drug-likeness (QED) is 0.241. The minimum absolute atomic E-state index is 0.0147. The van der Waals surface area contributed by atoms with Crippen molar-refractivity contribution < 1.29 is 0 Å². The number of hydrogen-bond donors (Lipinski definition) is 0. The molecule has 0 saturated carbocycles. The zero-order valence-corrected chi connectivity index (χ0v) is 20.6. The fourth-order valence-electron chi connectivity index (χ4n) is 6.61. The van der Waals surface area contributed by atoms with Crippen LogP contribution in [0.2, 0.25) is 0 Å². The van der Waals surface area contributed by atoms with Gasteiger partial charge in [0.25, 0.3) is 0 Å². The topological polar surface area (TPSA) is 22.8 Å². The van der Waals surface area contributed by atoms with Crippen LogP contribution in [0.25, 0.3) is 60.7 Å². The third kappa shape index (κ3) is 2.31. The Kier molecular flexibility index (Phi) is 3.67. The summed E-state index contributed by atoms with van der Waals surface area (Å²) in [6, 6.07) is 35.3. The lowest BCUT2D eigenvalue weighted by atomic mass is 9.82. The fraction of sp³-hybridized carbons (Fsp3) is 0.121. The summed E-state index contributed by atoms with van der Waals surface area (Å²) in [6.45, 7) is 4.69. The van der Waals surface area contributed by atoms with Gasteiger partial charge in [-0.2, -0.15) is 0 Å². The van der Waals surface area contributed by atoms with Gasteiger partial charge in [-0.15, -0.1) is 0 Å². The van der Waals surface area contributed by atoms with E-state index in [1.165, 1.54) is 54.8 Å². The van der Waals surface area contributed by atoms with Gasteiger partial charge < -0.3 is 4.57 Å². The Hall–Kier alpha value is -4.37. The van der Waals surface area contributed by atoms with Crippen LogP contribution in [0.4, 0.5) is 0 Å². The molecular formula is C33H25N3. The van der Waals surface area contributed by atoms with E-state index in [0.29, 0.717) is 0 Å². The summed E-state index contributed by atoms with van der Waals surface area (Å²) in [5.74, 6) is 0.941. The highest BCUT2D eigenvalue weighted by molar-refractivity contribution is 6.21. The van der Waals surface area contributed by atoms with Crippen molar-refractivity contribution in [3.8, 4) is 17.1 Å². The highest BCUT2D eigenvalue weighted by Crippen LogP contribution is 2.52. The zero-order chi connectivity index (χ0) is 24.2. The maximum absolute atomic E-state index is 5.12. The predicted octanol–water partition coefficient (Wildman–Crippen LogP) is 8.13. The van der Waals surface area contributed by atoms with Crippen LogP contribution in [-0.4, -0.2) is 14.1 Å². The van der Waals surface area contributed by atoms with Gasteiger partial charge in [-0.1, -0.05) is 92.7 Å². The molecule has 0 radical (unpaired) electrons. The normalized spacial score (nSPS) is 14.2. The van der Waals surface area contributed by atoms with Gasteiger partial charge in [0, 0.05) is 28.6 Å². The zero-order valence-electron chi connectivity index (χ0n) is 20.6. The second-order valence-electron chi connectivity index (χ2n) is 10.5. The minimum atomic E-state index is -0.0147. The molecule has 0 aliphatic heterocycles. The molecule has 0 amide bonds. The van der Waals surface area contributed by atoms with Crippen LogP contribution < -0.4 is 0 Å². The van der Waals surface area contributed by atoms with Gasteiger partial charge in [0.2, 0.25) is 5.95 Å². The fourth-order valence-corrected chi connectivity index (χ4v) is 6.61. The molecule has 172 valence electrons. The smallest absolute Gasteiger partial charge is 0.215 e. The lowest BCUT2D eigenvalue weighted by Crippen LogP contribution is -2.14. The van der Waals surface area contributed by atoms with Crippen LogP contribution in [0.5, 0.6) is 0 Å². The molecular weight excluding hydrogens is 438 g/mol. The summed E-state index contributed by atoms with van der Waals surface area (Å²) in [6.07, 6.45) is 0. The van der Waals surface area contributed by atoms with Crippen molar-refractivity contribution >= 4 is 43.6 Å². The molecule has 3 nitrogen and oxygen atoms in total. The van der Waals surface area contributed by atoms with Gasteiger partial charge in [-0.3, -0.25) is 4.57 Å². The number of imidazole rings is 1. The highest BCUT2D eigenvalue weighted by atomic mass is 15.2. The van der Waals surface area contributed by atoms with Crippen molar-refractivity contribution in [2.75, 3.05) is 0 Å². The van der Waals surface area contributed by atoms with Crippen LogP contribution in [-0.2, 0) is 12.5 Å². The molecule has 2 aromatic heterocycles. The van der Waals surface area contributed by atoms with Gasteiger partial charge in [-0.25, -0.2) is 4.98 Å². The second kappa shape index (κ2) is 6.64. The molecule has 2 heterocycles. The Bertz CT molecular complexity index is 2030. The molecule has 1 aliphatic rings. The summed E-state index contributed by atoms with van der Waals surface area (Å²) < 4.78 is 4.58. The van der Waals surface area contributed by atoms with E-state index in [-0.39, 0.29) is 5.41 Å². The molecule has 36 heavy (non-hydrogen) atoms. The maximum atomic E-state index is 5.12. The molecule has 0 bridgehead atoms. The van der Waals surface area contributed by atoms with Gasteiger partial charge in [0.05, 0.1) is 22.1 Å². The van der Waals surface area contributed by atoms with Crippen molar-refractivity contribution in [3.63, 3.8) is 0 Å². The number of aryl methyl sites for hydroxylation is 1. The molecule has 8 rings (SSSR count). The maximum Gasteiger partial charge on any atom is 0.215 e. The Morgan fingerprint density at radius 1 is 0.611 bits per heavy atom. The first-order chi connectivity index (χ1) is 17.6. The molecule has 0 atom stereocenters. The van der Waals surface area contributed by atoms with E-state index in [9.17, 15) is 0 Å². The Morgan fingerprint density at radius 3 is 2.14 bits per heavy atom. The number of fused-ring (bicyclic) bond motifs is 10. The monoisotopic (exact) mass is 463 g/mol. The number of aromatic nitrogens is 3. The average molecular weight is 464 g/mol. The lowest BCUT2D eigenvalue weighted by molar-refractivity contribution is 0.661. The molecule has 3 heteroatoms. The first kappa shape index (κ1) is 19.9. The summed E-state index contributed by atoms with van der Waals surface area (Å²) in [5.41, 5.74) is 10.1. The number of hydrogen-bond acceptors (Lipinski definition) is 1. The first-order valence-corrected chi connectivity index (χ1v) is 12.6. The Balaban J connectivity index is 1.58. The van der Waals surface area contributed by atoms with Crippen LogP contribution in [0.15, 0.2) is 97.1 Å². The van der Waals surface area contributed by atoms with E-state index >= 15 is 0 Å². The van der Waals surface area contributed by atoms with E-state index in [2.05, 4.69) is 127 Å². The van der Waals surface area contributed by atoms with Gasteiger partial charge in [-0.05, 0) is 45.8 Å².